The highest BCUT2D eigenvalue weighted by molar-refractivity contribution is 7.90. The highest BCUT2D eigenvalue weighted by Gasteiger charge is 2.22. The van der Waals surface area contributed by atoms with Crippen molar-refractivity contribution in [2.75, 3.05) is 14.2 Å². The third kappa shape index (κ3) is 3.70. The van der Waals surface area contributed by atoms with Gasteiger partial charge in [-0.1, -0.05) is 35.0 Å². The average Bonchev–Trinajstić information content (AvgIpc) is 3.09. The summed E-state index contributed by atoms with van der Waals surface area (Å²) in [4.78, 5) is 4.27. The fraction of sp³-hybridized carbons (Fsp3) is 0.222. The fourth-order valence-corrected chi connectivity index (χ4v) is 3.56. The van der Waals surface area contributed by atoms with Crippen LogP contribution >= 0.6 is 0 Å². The first-order valence-corrected chi connectivity index (χ1v) is 9.42. The Balaban J connectivity index is 1.85. The first kappa shape index (κ1) is 17.9. The van der Waals surface area contributed by atoms with Crippen LogP contribution in [0.3, 0.4) is 0 Å². The monoisotopic (exact) mass is 374 g/mol. The smallest absolute Gasteiger partial charge is 0.242 e. The molecule has 0 bridgehead atoms. The molecule has 0 N–H and O–H groups in total. The Morgan fingerprint density at radius 2 is 1.69 bits per heavy atom. The molecule has 0 saturated carbocycles. The number of hydrogen-bond acceptors (Lipinski definition) is 7. The molecule has 136 valence electrons. The van der Waals surface area contributed by atoms with E-state index in [-0.39, 0.29) is 10.8 Å². The molecule has 26 heavy (non-hydrogen) atoms. The number of nitrogens with zero attached hydrogens (tertiary/aromatic N) is 2. The third-order valence-corrected chi connectivity index (χ3v) is 5.40. The normalized spacial score (nSPS) is 11.3. The lowest BCUT2D eigenvalue weighted by Gasteiger charge is -2.09. The largest absolute Gasteiger partial charge is 0.493 e. The Morgan fingerprint density at radius 3 is 2.35 bits per heavy atom. The van der Waals surface area contributed by atoms with E-state index >= 15 is 0 Å². The van der Waals surface area contributed by atoms with Crippen LogP contribution in [0, 0.1) is 6.92 Å². The average molecular weight is 374 g/mol. The molecule has 8 heteroatoms. The summed E-state index contributed by atoms with van der Waals surface area (Å²) >= 11 is 0. The van der Waals surface area contributed by atoms with Crippen LogP contribution in [0.2, 0.25) is 0 Å². The topological polar surface area (TPSA) is 91.5 Å². The number of methoxy groups -OCH3 is 2. The van der Waals surface area contributed by atoms with Crippen molar-refractivity contribution in [1.82, 2.24) is 10.1 Å². The van der Waals surface area contributed by atoms with Gasteiger partial charge in [-0.2, -0.15) is 4.98 Å². The van der Waals surface area contributed by atoms with E-state index in [0.717, 1.165) is 11.1 Å². The second-order valence-electron chi connectivity index (χ2n) is 5.65. The second kappa shape index (κ2) is 7.17. The first-order chi connectivity index (χ1) is 12.4. The molecule has 0 aliphatic heterocycles. The van der Waals surface area contributed by atoms with Crippen LogP contribution < -0.4 is 9.47 Å². The van der Waals surface area contributed by atoms with Crippen molar-refractivity contribution >= 4 is 9.84 Å². The van der Waals surface area contributed by atoms with Gasteiger partial charge in [-0.25, -0.2) is 8.42 Å². The van der Waals surface area contributed by atoms with Gasteiger partial charge < -0.3 is 14.0 Å². The van der Waals surface area contributed by atoms with Crippen LogP contribution in [0.4, 0.5) is 0 Å². The molecular weight excluding hydrogens is 356 g/mol. The Kier molecular flexibility index (Phi) is 4.94. The van der Waals surface area contributed by atoms with Crippen LogP contribution in [0.1, 0.15) is 11.5 Å². The summed E-state index contributed by atoms with van der Waals surface area (Å²) in [5, 5.41) is 3.86. The van der Waals surface area contributed by atoms with Crippen LogP contribution in [-0.4, -0.2) is 32.8 Å². The summed E-state index contributed by atoms with van der Waals surface area (Å²) in [6, 6.07) is 12.0. The Hall–Kier alpha value is -2.87. The van der Waals surface area contributed by atoms with Crippen molar-refractivity contribution < 1.29 is 22.4 Å². The lowest BCUT2D eigenvalue weighted by atomic mass is 10.1. The van der Waals surface area contributed by atoms with Crippen LogP contribution in [-0.2, 0) is 15.6 Å². The highest BCUT2D eigenvalue weighted by Crippen LogP contribution is 2.30. The molecule has 0 amide bonds. The second-order valence-corrected chi connectivity index (χ2v) is 7.64. The van der Waals surface area contributed by atoms with E-state index in [1.54, 1.807) is 0 Å². The molecule has 0 fully saturated rings. The number of sulfone groups is 1. The highest BCUT2D eigenvalue weighted by atomic mass is 32.2. The number of ether oxygens (including phenoxy) is 2. The minimum Gasteiger partial charge on any atom is -0.493 e. The first-order valence-electron chi connectivity index (χ1n) is 7.77. The minimum atomic E-state index is -3.68. The van der Waals surface area contributed by atoms with E-state index in [0.29, 0.717) is 17.3 Å². The molecule has 3 rings (SSSR count). The van der Waals surface area contributed by atoms with Gasteiger partial charge in [0.25, 0.3) is 0 Å². The summed E-state index contributed by atoms with van der Waals surface area (Å²) in [7, 11) is -0.751. The van der Waals surface area contributed by atoms with E-state index in [1.807, 2.05) is 31.2 Å². The zero-order chi connectivity index (χ0) is 18.7. The van der Waals surface area contributed by atoms with Gasteiger partial charge in [0.15, 0.2) is 21.3 Å². The summed E-state index contributed by atoms with van der Waals surface area (Å²) in [6.07, 6.45) is 0. The van der Waals surface area contributed by atoms with Crippen LogP contribution in [0.25, 0.3) is 11.4 Å². The standard InChI is InChI=1S/C18H18N2O5S/c1-12-4-6-13(7-5-12)18-19-17(25-20-18)11-26(21,22)14-8-9-15(23-2)16(10-14)24-3/h4-10H,11H2,1-3H3. The maximum Gasteiger partial charge on any atom is 0.242 e. The molecule has 0 atom stereocenters. The predicted octanol–water partition coefficient (Wildman–Crippen LogP) is 3.04. The molecule has 1 aromatic heterocycles. The van der Waals surface area contributed by atoms with E-state index < -0.39 is 15.6 Å². The molecule has 0 radical (unpaired) electrons. The van der Waals surface area contributed by atoms with Gasteiger partial charge in [0.2, 0.25) is 11.7 Å². The van der Waals surface area contributed by atoms with Crippen molar-refractivity contribution in [1.29, 1.82) is 0 Å². The number of benzene rings is 2. The minimum absolute atomic E-state index is 0.0235. The maximum absolute atomic E-state index is 12.6. The lowest BCUT2D eigenvalue weighted by Crippen LogP contribution is -2.06. The van der Waals surface area contributed by atoms with E-state index in [2.05, 4.69) is 10.1 Å². The molecule has 0 spiro atoms. The maximum atomic E-state index is 12.6. The molecule has 0 saturated heterocycles. The number of aromatic nitrogens is 2. The number of rotatable bonds is 6. The Bertz CT molecular complexity index is 1010. The molecular formula is C18H18N2O5S. The van der Waals surface area contributed by atoms with E-state index in [4.69, 9.17) is 14.0 Å². The predicted molar refractivity (Wildman–Crippen MR) is 94.9 cm³/mol. The Morgan fingerprint density at radius 1 is 1.00 bits per heavy atom. The summed E-state index contributed by atoms with van der Waals surface area (Å²) in [5.74, 6) is 0.754. The quantitative estimate of drug-likeness (QED) is 0.655. The van der Waals surface area contributed by atoms with Gasteiger partial charge in [-0.3, -0.25) is 0 Å². The molecule has 3 aromatic rings. The van der Waals surface area contributed by atoms with Gasteiger partial charge in [0.1, 0.15) is 5.75 Å². The van der Waals surface area contributed by atoms with Crippen molar-refractivity contribution in [3.05, 3.63) is 53.9 Å². The fourth-order valence-electron chi connectivity index (χ4n) is 2.39. The molecule has 7 nitrogen and oxygen atoms in total. The van der Waals surface area contributed by atoms with Gasteiger partial charge in [-0.05, 0) is 19.1 Å². The molecule has 0 aliphatic carbocycles. The zero-order valence-corrected chi connectivity index (χ0v) is 15.4. The van der Waals surface area contributed by atoms with E-state index in [1.165, 1.54) is 32.4 Å². The zero-order valence-electron chi connectivity index (χ0n) is 14.6. The van der Waals surface area contributed by atoms with Crippen LogP contribution in [0.15, 0.2) is 51.9 Å². The molecule has 0 unspecified atom stereocenters. The summed E-state index contributed by atoms with van der Waals surface area (Å²) in [6.45, 7) is 1.97. The van der Waals surface area contributed by atoms with Gasteiger partial charge in [0.05, 0.1) is 19.1 Å². The summed E-state index contributed by atoms with van der Waals surface area (Å²) in [5.41, 5.74) is 1.86. The molecule has 1 heterocycles. The van der Waals surface area contributed by atoms with Gasteiger partial charge in [-0.15, -0.1) is 0 Å². The van der Waals surface area contributed by atoms with Crippen molar-refractivity contribution in [3.63, 3.8) is 0 Å². The summed E-state index contributed by atoms with van der Waals surface area (Å²) < 4.78 is 40.7. The number of hydrogen-bond donors (Lipinski definition) is 0. The van der Waals surface area contributed by atoms with Gasteiger partial charge in [0, 0.05) is 11.6 Å². The molecule has 2 aromatic carbocycles. The van der Waals surface area contributed by atoms with Crippen molar-refractivity contribution in [2.24, 2.45) is 0 Å². The Labute approximate surface area is 151 Å². The number of aryl methyl sites for hydroxylation is 1. The lowest BCUT2D eigenvalue weighted by molar-refractivity contribution is 0.354. The van der Waals surface area contributed by atoms with Crippen molar-refractivity contribution in [3.8, 4) is 22.9 Å². The van der Waals surface area contributed by atoms with Gasteiger partial charge >= 0.3 is 0 Å². The van der Waals surface area contributed by atoms with E-state index in [9.17, 15) is 8.42 Å². The SMILES string of the molecule is COc1ccc(S(=O)(=O)Cc2nc(-c3ccc(C)cc3)no2)cc1OC. The third-order valence-electron chi connectivity index (χ3n) is 3.81. The van der Waals surface area contributed by atoms with Crippen LogP contribution in [0.5, 0.6) is 11.5 Å². The van der Waals surface area contributed by atoms with Crippen molar-refractivity contribution in [2.45, 2.75) is 17.6 Å². The molecule has 0 aliphatic rings.